The highest BCUT2D eigenvalue weighted by molar-refractivity contribution is 5.78. The van der Waals surface area contributed by atoms with Gasteiger partial charge in [0.2, 0.25) is 5.91 Å². The Morgan fingerprint density at radius 3 is 2.62 bits per heavy atom. The molecule has 1 heterocycles. The van der Waals surface area contributed by atoms with Gasteiger partial charge in [0.05, 0.1) is 6.10 Å². The van der Waals surface area contributed by atoms with Crippen LogP contribution in [0, 0.1) is 29.1 Å². The monoisotopic (exact) mass is 325 g/mol. The Labute approximate surface area is 144 Å². The molecule has 4 saturated carbocycles. The maximum Gasteiger partial charge on any atom is 0.223 e. The van der Waals surface area contributed by atoms with Crippen molar-refractivity contribution in [2.75, 3.05) is 13.1 Å². The molecule has 128 valence electrons. The fraction of sp³-hybridized carbons (Fsp3) is 0.667. The lowest BCUT2D eigenvalue weighted by atomic mass is 9.59. The van der Waals surface area contributed by atoms with E-state index in [0.717, 1.165) is 30.1 Å². The predicted octanol–water partition coefficient (Wildman–Crippen LogP) is 2.87. The van der Waals surface area contributed by atoms with Gasteiger partial charge >= 0.3 is 0 Å². The minimum atomic E-state index is -0.296. The van der Waals surface area contributed by atoms with Crippen LogP contribution in [0.1, 0.15) is 37.7 Å². The Morgan fingerprint density at radius 2 is 1.92 bits per heavy atom. The fourth-order valence-corrected chi connectivity index (χ4v) is 6.68. The summed E-state index contributed by atoms with van der Waals surface area (Å²) < 4.78 is 0. The van der Waals surface area contributed by atoms with Crippen LogP contribution in [0.25, 0.3) is 0 Å². The second-order valence-corrected chi connectivity index (χ2v) is 8.90. The minimum absolute atomic E-state index is 0.177. The molecule has 0 aromatic heterocycles. The third-order valence-electron chi connectivity index (χ3n) is 7.62. The number of likely N-dealkylation sites (tertiary alicyclic amines) is 1. The summed E-state index contributed by atoms with van der Waals surface area (Å²) in [5, 5.41) is 9.54. The zero-order chi connectivity index (χ0) is 16.3. The molecule has 1 saturated heterocycles. The van der Waals surface area contributed by atoms with E-state index in [2.05, 4.69) is 30.3 Å². The number of hydrogen-bond donors (Lipinski definition) is 1. The van der Waals surface area contributed by atoms with Crippen molar-refractivity contribution >= 4 is 5.91 Å². The lowest BCUT2D eigenvalue weighted by Crippen LogP contribution is -2.55. The first-order valence-electron chi connectivity index (χ1n) is 9.64. The molecule has 5 unspecified atom stereocenters. The van der Waals surface area contributed by atoms with E-state index < -0.39 is 0 Å². The van der Waals surface area contributed by atoms with E-state index in [9.17, 15) is 9.90 Å². The zero-order valence-electron chi connectivity index (χ0n) is 14.2. The second kappa shape index (κ2) is 5.32. The number of hydrogen-bond acceptors (Lipinski definition) is 2. The van der Waals surface area contributed by atoms with Gasteiger partial charge < -0.3 is 10.0 Å². The van der Waals surface area contributed by atoms with Gasteiger partial charge in [-0.1, -0.05) is 30.3 Å². The highest BCUT2D eigenvalue weighted by Crippen LogP contribution is 2.68. The van der Waals surface area contributed by atoms with Gasteiger partial charge in [-0.3, -0.25) is 4.79 Å². The van der Waals surface area contributed by atoms with Gasteiger partial charge in [0, 0.05) is 19.5 Å². The first-order valence-corrected chi connectivity index (χ1v) is 9.64. The summed E-state index contributed by atoms with van der Waals surface area (Å²) in [6.45, 7) is 1.09. The van der Waals surface area contributed by atoms with E-state index in [4.69, 9.17) is 0 Å². The van der Waals surface area contributed by atoms with Crippen LogP contribution in [0.3, 0.4) is 0 Å². The Bertz CT molecular complexity index is 634. The van der Waals surface area contributed by atoms with Crippen molar-refractivity contribution in [1.82, 2.24) is 4.90 Å². The van der Waals surface area contributed by atoms with Crippen molar-refractivity contribution in [3.8, 4) is 0 Å². The van der Waals surface area contributed by atoms with Crippen LogP contribution in [-0.4, -0.2) is 35.1 Å². The highest BCUT2D eigenvalue weighted by atomic mass is 16.3. The topological polar surface area (TPSA) is 40.5 Å². The molecule has 5 atom stereocenters. The zero-order valence-corrected chi connectivity index (χ0v) is 14.2. The summed E-state index contributed by atoms with van der Waals surface area (Å²) in [5.41, 5.74) is 1.57. The van der Waals surface area contributed by atoms with Crippen molar-refractivity contribution in [2.45, 2.75) is 44.6 Å². The van der Waals surface area contributed by atoms with Crippen molar-refractivity contribution in [2.24, 2.45) is 29.1 Å². The lowest BCUT2D eigenvalue weighted by Gasteiger charge is -2.47. The summed E-state index contributed by atoms with van der Waals surface area (Å²) in [5.74, 6) is 3.56. The van der Waals surface area contributed by atoms with Gasteiger partial charge in [-0.2, -0.15) is 0 Å². The van der Waals surface area contributed by atoms with Crippen LogP contribution >= 0.6 is 0 Å². The standard InChI is InChI=1S/C21H27NO2/c23-18-12-22(13-18)20(24)11-21(10-14-4-2-1-3-5-14)17-7-15-6-16(9-17)19(21)8-15/h1-5,15-19,23H,6-13H2. The van der Waals surface area contributed by atoms with E-state index in [1.807, 2.05) is 4.90 Å². The van der Waals surface area contributed by atoms with E-state index in [1.54, 1.807) is 0 Å². The predicted molar refractivity (Wildman–Crippen MR) is 92.2 cm³/mol. The first-order chi connectivity index (χ1) is 11.6. The molecule has 1 N–H and O–H groups in total. The van der Waals surface area contributed by atoms with E-state index in [0.29, 0.717) is 19.5 Å². The van der Waals surface area contributed by atoms with Gasteiger partial charge in [0.25, 0.3) is 0 Å². The molecule has 1 aliphatic heterocycles. The molecule has 5 fully saturated rings. The van der Waals surface area contributed by atoms with E-state index in [-0.39, 0.29) is 17.4 Å². The molecular weight excluding hydrogens is 298 g/mol. The van der Waals surface area contributed by atoms with Crippen molar-refractivity contribution in [3.63, 3.8) is 0 Å². The molecule has 1 amide bonds. The Balaban J connectivity index is 1.44. The van der Waals surface area contributed by atoms with Crippen molar-refractivity contribution in [1.29, 1.82) is 0 Å². The molecule has 1 aromatic carbocycles. The van der Waals surface area contributed by atoms with E-state index in [1.165, 1.54) is 31.2 Å². The third-order valence-corrected chi connectivity index (χ3v) is 7.62. The van der Waals surface area contributed by atoms with E-state index >= 15 is 0 Å². The van der Waals surface area contributed by atoms with Crippen LogP contribution in [-0.2, 0) is 11.2 Å². The van der Waals surface area contributed by atoms with Crippen LogP contribution < -0.4 is 0 Å². The number of β-amino-alcohol motifs (C(OH)–C–C–N with tert-alkyl or cyclic N) is 1. The van der Waals surface area contributed by atoms with Crippen molar-refractivity contribution in [3.05, 3.63) is 35.9 Å². The number of amides is 1. The molecule has 4 bridgehead atoms. The molecule has 24 heavy (non-hydrogen) atoms. The molecule has 3 nitrogen and oxygen atoms in total. The average molecular weight is 325 g/mol. The van der Waals surface area contributed by atoms with Gasteiger partial charge in [0.1, 0.15) is 0 Å². The second-order valence-electron chi connectivity index (χ2n) is 8.90. The summed E-state index contributed by atoms with van der Waals surface area (Å²) in [7, 11) is 0. The lowest BCUT2D eigenvalue weighted by molar-refractivity contribution is -0.146. The highest BCUT2D eigenvalue weighted by Gasteiger charge is 2.62. The molecule has 5 aliphatic rings. The minimum Gasteiger partial charge on any atom is -0.389 e. The summed E-state index contributed by atoms with van der Waals surface area (Å²) >= 11 is 0. The summed E-state index contributed by atoms with van der Waals surface area (Å²) in [4.78, 5) is 14.8. The number of rotatable bonds is 4. The maximum atomic E-state index is 12.9. The van der Waals surface area contributed by atoms with Gasteiger partial charge in [-0.05, 0) is 66.8 Å². The molecule has 0 radical (unpaired) electrons. The maximum absolute atomic E-state index is 12.9. The normalized spacial score (nSPS) is 40.1. The average Bonchev–Trinajstić information content (AvgIpc) is 2.94. The summed E-state index contributed by atoms with van der Waals surface area (Å²) in [6, 6.07) is 10.8. The van der Waals surface area contributed by atoms with Crippen LogP contribution in [0.4, 0.5) is 0 Å². The SMILES string of the molecule is O=C(CC1(Cc2ccccc2)C2CC3CC(C2)C1C3)N1CC(O)C1. The fourth-order valence-electron chi connectivity index (χ4n) is 6.68. The summed E-state index contributed by atoms with van der Waals surface area (Å²) in [6.07, 6.45) is 6.93. The number of carbonyl (C=O) groups excluding carboxylic acids is 1. The molecule has 6 rings (SSSR count). The number of aliphatic hydroxyl groups excluding tert-OH is 1. The Morgan fingerprint density at radius 1 is 1.12 bits per heavy atom. The molecule has 0 spiro atoms. The molecule has 3 heteroatoms. The number of benzene rings is 1. The molecule has 1 aromatic rings. The van der Waals surface area contributed by atoms with Crippen molar-refractivity contribution < 1.29 is 9.90 Å². The van der Waals surface area contributed by atoms with Gasteiger partial charge in [0.15, 0.2) is 0 Å². The number of carbonyl (C=O) groups is 1. The van der Waals surface area contributed by atoms with Crippen LogP contribution in [0.15, 0.2) is 30.3 Å². The molecule has 4 aliphatic carbocycles. The molecular formula is C21H27NO2. The number of nitrogens with zero attached hydrogens (tertiary/aromatic N) is 1. The number of aliphatic hydroxyl groups is 1. The first kappa shape index (κ1) is 14.9. The Hall–Kier alpha value is -1.35. The smallest absolute Gasteiger partial charge is 0.223 e. The Kier molecular flexibility index (Phi) is 3.31. The third kappa shape index (κ3) is 2.17. The quantitative estimate of drug-likeness (QED) is 0.925. The largest absolute Gasteiger partial charge is 0.389 e. The van der Waals surface area contributed by atoms with Crippen LogP contribution in [0.2, 0.25) is 0 Å². The van der Waals surface area contributed by atoms with Gasteiger partial charge in [-0.25, -0.2) is 0 Å². The van der Waals surface area contributed by atoms with Crippen LogP contribution in [0.5, 0.6) is 0 Å². The van der Waals surface area contributed by atoms with Gasteiger partial charge in [-0.15, -0.1) is 0 Å².